The highest BCUT2D eigenvalue weighted by Gasteiger charge is 2.58. The quantitative estimate of drug-likeness (QED) is 0.343. The summed E-state index contributed by atoms with van der Waals surface area (Å²) in [5.41, 5.74) is 0.0790. The number of nitrogens with one attached hydrogen (secondary N) is 1. The van der Waals surface area contributed by atoms with Crippen molar-refractivity contribution in [2.45, 2.75) is 32.4 Å². The molecule has 2 N–H and O–H groups in total. The zero-order chi connectivity index (χ0) is 19.6. The molecule has 0 saturated carbocycles. The van der Waals surface area contributed by atoms with Crippen molar-refractivity contribution in [3.63, 3.8) is 0 Å². The van der Waals surface area contributed by atoms with E-state index in [0.717, 1.165) is 11.8 Å². The number of hydrogen-bond donors (Lipinski definition) is 2. The van der Waals surface area contributed by atoms with Crippen LogP contribution < -0.4 is 5.32 Å². The van der Waals surface area contributed by atoms with Crippen LogP contribution in [0.2, 0.25) is 0 Å². The van der Waals surface area contributed by atoms with Crippen LogP contribution in [0.3, 0.4) is 0 Å². The summed E-state index contributed by atoms with van der Waals surface area (Å²) >= 11 is 1.14. The number of nitrogens with zero attached hydrogens (tertiary/aromatic N) is 1. The third-order valence-corrected chi connectivity index (χ3v) is 5.35. The van der Waals surface area contributed by atoms with Crippen molar-refractivity contribution < 1.29 is 36.3 Å². The van der Waals surface area contributed by atoms with E-state index >= 15 is 0 Å². The predicted molar refractivity (Wildman–Crippen MR) is 90.4 cm³/mol. The average Bonchev–Trinajstić information content (AvgIpc) is 2.83. The highest BCUT2D eigenvalue weighted by molar-refractivity contribution is 8.05. The monoisotopic (exact) mass is 406 g/mol. The largest absolute Gasteiger partial charge is 0.464 e. The van der Waals surface area contributed by atoms with Gasteiger partial charge in [0.25, 0.3) is 0 Å². The second-order valence-electron chi connectivity index (χ2n) is 5.62. The second-order valence-corrected chi connectivity index (χ2v) is 7.67. The number of amides is 2. The van der Waals surface area contributed by atoms with Gasteiger partial charge in [0.05, 0.1) is 25.2 Å². The molecule has 1 fully saturated rings. The van der Waals surface area contributed by atoms with E-state index in [1.54, 1.807) is 5.41 Å². The Morgan fingerprint density at radius 2 is 2.12 bits per heavy atom. The highest BCUT2D eigenvalue weighted by atomic mass is 32.3. The number of methoxy groups -OCH3 is 1. The van der Waals surface area contributed by atoms with Crippen molar-refractivity contribution in [1.82, 2.24) is 10.2 Å². The molecule has 2 aliphatic heterocycles. The molecule has 144 valence electrons. The van der Waals surface area contributed by atoms with Crippen LogP contribution in [0.4, 0.5) is 0 Å². The molecule has 10 nitrogen and oxygen atoms in total. The van der Waals surface area contributed by atoms with Crippen molar-refractivity contribution in [1.29, 1.82) is 0 Å². The second kappa shape index (κ2) is 7.78. The van der Waals surface area contributed by atoms with Crippen LogP contribution >= 0.6 is 11.8 Å². The van der Waals surface area contributed by atoms with E-state index in [1.807, 2.05) is 0 Å². The first-order valence-electron chi connectivity index (χ1n) is 7.45. The van der Waals surface area contributed by atoms with Gasteiger partial charge >= 0.3 is 16.4 Å². The van der Waals surface area contributed by atoms with Crippen LogP contribution in [0.15, 0.2) is 22.2 Å². The van der Waals surface area contributed by atoms with Crippen LogP contribution in [-0.4, -0.2) is 54.9 Å². The lowest BCUT2D eigenvalue weighted by Crippen LogP contribution is -2.62. The molecule has 0 aliphatic carbocycles. The van der Waals surface area contributed by atoms with Gasteiger partial charge in [-0.3, -0.25) is 14.1 Å². The standard InChI is InChI=1S/C14H18N2O8S2/c1-7(24-26(20,21)22)11-9-6-10(25-5-4-15-8(2)17)12(14(19)23-3)16(9)13(11)18/h4-5,7,9,11H,6H2,1-3H3,(H,15,17)(H,20,21,22)/b5-4+/t7-,9+,11-/m0/s1. The molecule has 0 unspecified atom stereocenters. The normalized spacial score (nSPS) is 23.7. The average molecular weight is 406 g/mol. The molecule has 2 aliphatic rings. The van der Waals surface area contributed by atoms with E-state index in [0.29, 0.717) is 4.91 Å². The number of carbonyl (C=O) groups excluding carboxylic acids is 3. The lowest BCUT2D eigenvalue weighted by atomic mass is 9.83. The minimum atomic E-state index is -4.70. The summed E-state index contributed by atoms with van der Waals surface area (Å²) in [5, 5.41) is 4.00. The first-order chi connectivity index (χ1) is 12.1. The summed E-state index contributed by atoms with van der Waals surface area (Å²) in [7, 11) is -3.52. The van der Waals surface area contributed by atoms with Crippen molar-refractivity contribution in [3.05, 3.63) is 22.2 Å². The third kappa shape index (κ3) is 4.26. The summed E-state index contributed by atoms with van der Waals surface area (Å²) in [5.74, 6) is -2.27. The van der Waals surface area contributed by atoms with Crippen molar-refractivity contribution in [3.8, 4) is 0 Å². The molecule has 0 bridgehead atoms. The molecular formula is C14H18N2O8S2. The predicted octanol–water partition coefficient (Wildman–Crippen LogP) is 0.150. The van der Waals surface area contributed by atoms with Crippen LogP contribution in [0.25, 0.3) is 0 Å². The van der Waals surface area contributed by atoms with Gasteiger partial charge in [0, 0.05) is 24.4 Å². The molecule has 0 radical (unpaired) electrons. The summed E-state index contributed by atoms with van der Waals surface area (Å²) in [6.45, 7) is 2.70. The van der Waals surface area contributed by atoms with Gasteiger partial charge in [0.2, 0.25) is 11.8 Å². The van der Waals surface area contributed by atoms with Crippen molar-refractivity contribution >= 4 is 39.9 Å². The van der Waals surface area contributed by atoms with Crippen molar-refractivity contribution in [2.75, 3.05) is 7.11 Å². The van der Waals surface area contributed by atoms with Gasteiger partial charge in [-0.15, -0.1) is 0 Å². The molecule has 2 rings (SSSR count). The van der Waals surface area contributed by atoms with Crippen LogP contribution in [0.5, 0.6) is 0 Å². The number of rotatable bonds is 7. The summed E-state index contributed by atoms with van der Waals surface area (Å²) < 4.78 is 39.7. The highest BCUT2D eigenvalue weighted by Crippen LogP contribution is 2.48. The Morgan fingerprint density at radius 3 is 2.65 bits per heavy atom. The molecule has 0 spiro atoms. The molecule has 0 aromatic heterocycles. The van der Waals surface area contributed by atoms with E-state index in [4.69, 9.17) is 9.29 Å². The fourth-order valence-electron chi connectivity index (χ4n) is 2.93. The topological polar surface area (TPSA) is 139 Å². The molecule has 26 heavy (non-hydrogen) atoms. The Kier molecular flexibility index (Phi) is 6.11. The minimum Gasteiger partial charge on any atom is -0.464 e. The Balaban J connectivity index is 2.18. The van der Waals surface area contributed by atoms with E-state index in [1.165, 1.54) is 32.1 Å². The Hall–Kier alpha value is -1.89. The third-order valence-electron chi connectivity index (χ3n) is 3.89. The molecule has 3 atom stereocenters. The van der Waals surface area contributed by atoms with Crippen LogP contribution in [0.1, 0.15) is 20.3 Å². The smallest absolute Gasteiger partial charge is 0.397 e. The molecule has 0 aromatic rings. The van der Waals surface area contributed by atoms with E-state index in [2.05, 4.69) is 9.50 Å². The molecule has 12 heteroatoms. The first kappa shape index (κ1) is 20.4. The number of ether oxygens (including phenoxy) is 1. The van der Waals surface area contributed by atoms with Gasteiger partial charge < -0.3 is 15.0 Å². The van der Waals surface area contributed by atoms with Gasteiger partial charge in [-0.25, -0.2) is 8.98 Å². The molecular weight excluding hydrogens is 388 g/mol. The van der Waals surface area contributed by atoms with Gasteiger partial charge in [-0.05, 0) is 12.3 Å². The molecule has 1 saturated heterocycles. The van der Waals surface area contributed by atoms with Crippen LogP contribution in [-0.2, 0) is 33.7 Å². The summed E-state index contributed by atoms with van der Waals surface area (Å²) in [6, 6.07) is -0.481. The van der Waals surface area contributed by atoms with E-state index in [-0.39, 0.29) is 18.0 Å². The molecule has 2 amide bonds. The zero-order valence-electron chi connectivity index (χ0n) is 14.2. The first-order valence-corrected chi connectivity index (χ1v) is 9.70. The SMILES string of the molecule is COC(=O)C1=C(S/C=C/NC(C)=O)C[C@@H]2[C@H]([C@H](C)OS(=O)(=O)O)C(=O)N12. The number of β-lactam (4-membered cyclic amide) rings is 1. The zero-order valence-corrected chi connectivity index (χ0v) is 15.8. The number of esters is 1. The lowest BCUT2D eigenvalue weighted by molar-refractivity contribution is -0.160. The lowest BCUT2D eigenvalue weighted by Gasteiger charge is -2.45. The van der Waals surface area contributed by atoms with Gasteiger partial charge in [-0.2, -0.15) is 8.42 Å². The summed E-state index contributed by atoms with van der Waals surface area (Å²) in [4.78, 5) is 37.1. The Labute approximate surface area is 154 Å². The maximum Gasteiger partial charge on any atom is 0.397 e. The van der Waals surface area contributed by atoms with Crippen molar-refractivity contribution in [2.24, 2.45) is 5.92 Å². The maximum atomic E-state index is 12.4. The van der Waals surface area contributed by atoms with E-state index in [9.17, 15) is 22.8 Å². The van der Waals surface area contributed by atoms with Gasteiger partial charge in [0.15, 0.2) is 0 Å². The van der Waals surface area contributed by atoms with Gasteiger partial charge in [-0.1, -0.05) is 11.8 Å². The Bertz CT molecular complexity index is 789. The summed E-state index contributed by atoms with van der Waals surface area (Å²) in [6.07, 6.45) is 0.597. The Morgan fingerprint density at radius 1 is 1.46 bits per heavy atom. The number of thioether (sulfide) groups is 1. The number of hydrogen-bond acceptors (Lipinski definition) is 8. The number of carbonyl (C=O) groups is 3. The van der Waals surface area contributed by atoms with Crippen LogP contribution in [0, 0.1) is 5.92 Å². The maximum absolute atomic E-state index is 12.4. The van der Waals surface area contributed by atoms with E-state index < -0.39 is 40.3 Å². The van der Waals surface area contributed by atoms with Gasteiger partial charge in [0.1, 0.15) is 5.70 Å². The molecule has 2 heterocycles. The minimum absolute atomic E-state index is 0.0790. The fourth-order valence-corrected chi connectivity index (χ4v) is 4.29. The fraction of sp³-hybridized carbons (Fsp3) is 0.500. The number of fused-ring (bicyclic) bond motifs is 1. The molecule has 0 aromatic carbocycles.